The standard InChI is InChI=1S/C7H13N3O3S/c8-4-6-14(12,13)10-5-2-1-3-7(9)11/h10H,1-3,5-6H2,(H2,9,11). The molecule has 0 atom stereocenters. The van der Waals surface area contributed by atoms with Gasteiger partial charge in [0.15, 0.2) is 5.75 Å². The van der Waals surface area contributed by atoms with Gasteiger partial charge >= 0.3 is 0 Å². The van der Waals surface area contributed by atoms with Gasteiger partial charge in [-0.3, -0.25) is 4.79 Å². The summed E-state index contributed by atoms with van der Waals surface area (Å²) in [6.07, 6.45) is 1.33. The molecule has 7 heteroatoms. The van der Waals surface area contributed by atoms with Gasteiger partial charge in [-0.2, -0.15) is 5.26 Å². The third-order valence-corrected chi connectivity index (χ3v) is 2.58. The first kappa shape index (κ1) is 12.9. The SMILES string of the molecule is N#CCS(=O)(=O)NCCCCC(N)=O. The van der Waals surface area contributed by atoms with E-state index in [1.807, 2.05) is 0 Å². The highest BCUT2D eigenvalue weighted by Gasteiger charge is 2.07. The van der Waals surface area contributed by atoms with Crippen LogP contribution in [0.25, 0.3) is 0 Å². The Hall–Kier alpha value is -1.13. The number of hydrogen-bond donors (Lipinski definition) is 2. The Morgan fingerprint density at radius 2 is 2.07 bits per heavy atom. The molecule has 0 unspecified atom stereocenters. The van der Waals surface area contributed by atoms with E-state index < -0.39 is 21.7 Å². The lowest BCUT2D eigenvalue weighted by atomic mass is 10.2. The lowest BCUT2D eigenvalue weighted by molar-refractivity contribution is -0.118. The van der Waals surface area contributed by atoms with Gasteiger partial charge in [-0.05, 0) is 12.8 Å². The highest BCUT2D eigenvalue weighted by Crippen LogP contribution is 1.93. The van der Waals surface area contributed by atoms with E-state index >= 15 is 0 Å². The number of amides is 1. The molecule has 0 aromatic heterocycles. The highest BCUT2D eigenvalue weighted by atomic mass is 32.2. The summed E-state index contributed by atoms with van der Waals surface area (Å²) < 4.78 is 24.0. The van der Waals surface area contributed by atoms with E-state index in [1.54, 1.807) is 6.07 Å². The van der Waals surface area contributed by atoms with Crippen LogP contribution in [0, 0.1) is 11.3 Å². The molecule has 1 amide bonds. The number of rotatable bonds is 7. The number of carbonyl (C=O) groups is 1. The van der Waals surface area contributed by atoms with Crippen LogP contribution in [0.1, 0.15) is 19.3 Å². The number of nitrogens with zero attached hydrogens (tertiary/aromatic N) is 1. The summed E-state index contributed by atoms with van der Waals surface area (Å²) in [6.45, 7) is 0.233. The van der Waals surface area contributed by atoms with E-state index in [1.165, 1.54) is 0 Å². The molecule has 0 aliphatic carbocycles. The van der Waals surface area contributed by atoms with Crippen LogP contribution in [-0.4, -0.2) is 26.6 Å². The predicted octanol–water partition coefficient (Wildman–Crippen LogP) is -0.915. The normalized spacial score (nSPS) is 10.8. The number of nitriles is 1. The van der Waals surface area contributed by atoms with Crippen molar-refractivity contribution >= 4 is 15.9 Å². The maximum Gasteiger partial charge on any atom is 0.225 e. The van der Waals surface area contributed by atoms with Gasteiger partial charge < -0.3 is 5.73 Å². The van der Waals surface area contributed by atoms with Gasteiger partial charge in [0.1, 0.15) is 0 Å². The fraction of sp³-hybridized carbons (Fsp3) is 0.714. The zero-order valence-corrected chi connectivity index (χ0v) is 8.51. The second kappa shape index (κ2) is 6.34. The zero-order chi connectivity index (χ0) is 11.0. The Kier molecular flexibility index (Phi) is 5.83. The minimum Gasteiger partial charge on any atom is -0.370 e. The molecule has 0 aromatic carbocycles. The maximum absolute atomic E-state index is 10.9. The summed E-state index contributed by atoms with van der Waals surface area (Å²) in [5.41, 5.74) is 4.89. The van der Waals surface area contributed by atoms with Crippen molar-refractivity contribution in [2.75, 3.05) is 12.3 Å². The molecule has 0 fully saturated rings. The van der Waals surface area contributed by atoms with Crippen molar-refractivity contribution in [3.8, 4) is 6.07 Å². The van der Waals surface area contributed by atoms with Crippen LogP contribution in [0.4, 0.5) is 0 Å². The van der Waals surface area contributed by atoms with Crippen molar-refractivity contribution in [3.05, 3.63) is 0 Å². The Bertz CT molecular complexity index is 318. The van der Waals surface area contributed by atoms with E-state index in [2.05, 4.69) is 4.72 Å². The molecule has 14 heavy (non-hydrogen) atoms. The van der Waals surface area contributed by atoms with E-state index in [-0.39, 0.29) is 13.0 Å². The molecule has 0 radical (unpaired) electrons. The minimum atomic E-state index is -3.46. The average Bonchev–Trinajstić information content (AvgIpc) is 2.02. The highest BCUT2D eigenvalue weighted by molar-refractivity contribution is 7.89. The second-order valence-corrected chi connectivity index (χ2v) is 4.54. The van der Waals surface area contributed by atoms with Crippen molar-refractivity contribution in [2.45, 2.75) is 19.3 Å². The quantitative estimate of drug-likeness (QED) is 0.539. The monoisotopic (exact) mass is 219 g/mol. The van der Waals surface area contributed by atoms with Crippen LogP contribution in [0.15, 0.2) is 0 Å². The molecular weight excluding hydrogens is 206 g/mol. The zero-order valence-electron chi connectivity index (χ0n) is 7.69. The molecular formula is C7H13N3O3S. The summed E-state index contributed by atoms with van der Waals surface area (Å²) in [4.78, 5) is 10.3. The molecule has 0 aromatic rings. The van der Waals surface area contributed by atoms with Gasteiger partial charge in [-0.1, -0.05) is 0 Å². The summed E-state index contributed by atoms with van der Waals surface area (Å²) >= 11 is 0. The molecule has 80 valence electrons. The summed E-state index contributed by atoms with van der Waals surface area (Å²) in [5.74, 6) is -0.937. The lowest BCUT2D eigenvalue weighted by Gasteiger charge is -2.01. The van der Waals surface area contributed by atoms with Gasteiger partial charge in [0.2, 0.25) is 15.9 Å². The van der Waals surface area contributed by atoms with Crippen LogP contribution in [0.2, 0.25) is 0 Å². The summed E-state index contributed by atoms with van der Waals surface area (Å²) in [5, 5.41) is 8.15. The number of hydrogen-bond acceptors (Lipinski definition) is 4. The molecule has 0 aliphatic heterocycles. The van der Waals surface area contributed by atoms with Gasteiger partial charge in [0.25, 0.3) is 0 Å². The Balaban J connectivity index is 3.56. The van der Waals surface area contributed by atoms with Gasteiger partial charge in [-0.25, -0.2) is 13.1 Å². The smallest absolute Gasteiger partial charge is 0.225 e. The average molecular weight is 219 g/mol. The fourth-order valence-corrected chi connectivity index (χ4v) is 1.52. The van der Waals surface area contributed by atoms with Crippen molar-refractivity contribution in [3.63, 3.8) is 0 Å². The first-order valence-electron chi connectivity index (χ1n) is 4.10. The van der Waals surface area contributed by atoms with E-state index in [9.17, 15) is 13.2 Å². The lowest BCUT2D eigenvalue weighted by Crippen LogP contribution is -2.26. The molecule has 0 heterocycles. The summed E-state index contributed by atoms with van der Waals surface area (Å²) in [6, 6.07) is 1.54. The number of unbranched alkanes of at least 4 members (excludes halogenated alkanes) is 1. The number of nitrogens with one attached hydrogen (secondary N) is 1. The number of carbonyl (C=O) groups excluding carboxylic acids is 1. The van der Waals surface area contributed by atoms with Crippen molar-refractivity contribution in [1.29, 1.82) is 5.26 Å². The van der Waals surface area contributed by atoms with Crippen LogP contribution in [0.3, 0.4) is 0 Å². The summed E-state index contributed by atoms with van der Waals surface area (Å²) in [7, 11) is -3.46. The first-order valence-corrected chi connectivity index (χ1v) is 5.76. The van der Waals surface area contributed by atoms with Crippen LogP contribution in [0.5, 0.6) is 0 Å². The van der Waals surface area contributed by atoms with Crippen molar-refractivity contribution in [1.82, 2.24) is 4.72 Å². The molecule has 0 spiro atoms. The molecule has 0 rings (SSSR count). The predicted molar refractivity (Wildman–Crippen MR) is 50.4 cm³/mol. The molecule has 0 saturated carbocycles. The second-order valence-electron chi connectivity index (χ2n) is 2.73. The van der Waals surface area contributed by atoms with Gasteiger partial charge in [0.05, 0.1) is 6.07 Å². The molecule has 0 bridgehead atoms. The number of primary amides is 1. The van der Waals surface area contributed by atoms with E-state index in [0.29, 0.717) is 12.8 Å². The molecule has 0 aliphatic rings. The number of sulfonamides is 1. The van der Waals surface area contributed by atoms with Crippen molar-refractivity contribution in [2.24, 2.45) is 5.73 Å². The van der Waals surface area contributed by atoms with E-state index in [0.717, 1.165) is 0 Å². The third kappa shape index (κ3) is 7.52. The largest absolute Gasteiger partial charge is 0.370 e. The Morgan fingerprint density at radius 3 is 2.57 bits per heavy atom. The molecule has 3 N–H and O–H groups in total. The van der Waals surface area contributed by atoms with Gasteiger partial charge in [0, 0.05) is 13.0 Å². The third-order valence-electron chi connectivity index (χ3n) is 1.43. The Labute approximate surface area is 83.1 Å². The van der Waals surface area contributed by atoms with Crippen LogP contribution >= 0.6 is 0 Å². The van der Waals surface area contributed by atoms with Crippen LogP contribution in [-0.2, 0) is 14.8 Å². The Morgan fingerprint density at radius 1 is 1.43 bits per heavy atom. The maximum atomic E-state index is 10.9. The molecule has 6 nitrogen and oxygen atoms in total. The van der Waals surface area contributed by atoms with Crippen LogP contribution < -0.4 is 10.5 Å². The van der Waals surface area contributed by atoms with Crippen molar-refractivity contribution < 1.29 is 13.2 Å². The molecule has 0 saturated heterocycles. The fourth-order valence-electron chi connectivity index (χ4n) is 0.788. The van der Waals surface area contributed by atoms with Gasteiger partial charge in [-0.15, -0.1) is 0 Å². The first-order chi connectivity index (χ1) is 6.48. The number of nitrogens with two attached hydrogens (primary N) is 1. The topological polar surface area (TPSA) is 113 Å². The minimum absolute atomic E-state index is 0.233. The van der Waals surface area contributed by atoms with E-state index in [4.69, 9.17) is 11.0 Å².